The van der Waals surface area contributed by atoms with E-state index < -0.39 is 0 Å². The third-order valence-corrected chi connectivity index (χ3v) is 2.67. The number of rotatable bonds is 3. The number of aromatic amines is 1. The van der Waals surface area contributed by atoms with Gasteiger partial charge in [-0.3, -0.25) is 4.79 Å². The Bertz CT molecular complexity index is 557. The largest absolute Gasteiger partial charge is 0.491 e. The van der Waals surface area contributed by atoms with E-state index in [2.05, 4.69) is 11.9 Å². The van der Waals surface area contributed by atoms with Crippen molar-refractivity contribution in [2.75, 3.05) is 7.11 Å². The topological polar surface area (TPSA) is 42.1 Å². The Labute approximate surface area is 94.1 Å². The Balaban J connectivity index is 2.80. The molecule has 0 bridgehead atoms. The van der Waals surface area contributed by atoms with Crippen LogP contribution in [0.3, 0.4) is 0 Å². The molecular formula is C13H15NO2. The molecule has 0 unspecified atom stereocenters. The van der Waals surface area contributed by atoms with Gasteiger partial charge in [-0.25, -0.2) is 0 Å². The molecule has 0 amide bonds. The Morgan fingerprint density at radius 1 is 1.25 bits per heavy atom. The first-order chi connectivity index (χ1) is 7.77. The van der Waals surface area contributed by atoms with Crippen LogP contribution >= 0.6 is 0 Å². The monoisotopic (exact) mass is 217 g/mol. The molecule has 1 aromatic carbocycles. The maximum absolute atomic E-state index is 11.8. The number of fused-ring (bicyclic) bond motifs is 1. The molecule has 16 heavy (non-hydrogen) atoms. The van der Waals surface area contributed by atoms with E-state index in [1.54, 1.807) is 0 Å². The molecule has 0 saturated heterocycles. The van der Waals surface area contributed by atoms with E-state index in [0.717, 1.165) is 29.3 Å². The van der Waals surface area contributed by atoms with Crippen LogP contribution in [0, 0.1) is 0 Å². The van der Waals surface area contributed by atoms with E-state index in [1.165, 1.54) is 7.11 Å². The highest BCUT2D eigenvalue weighted by Crippen LogP contribution is 2.23. The second-order valence-corrected chi connectivity index (χ2v) is 3.76. The van der Waals surface area contributed by atoms with Crippen LogP contribution < -0.4 is 10.3 Å². The van der Waals surface area contributed by atoms with E-state index in [1.807, 2.05) is 24.3 Å². The van der Waals surface area contributed by atoms with Crippen LogP contribution in [0.4, 0.5) is 0 Å². The number of H-pyrrole nitrogens is 1. The molecule has 1 N–H and O–H groups in total. The van der Waals surface area contributed by atoms with Crippen molar-refractivity contribution in [2.24, 2.45) is 0 Å². The molecule has 0 saturated carbocycles. The molecule has 1 aromatic heterocycles. The number of benzene rings is 1. The van der Waals surface area contributed by atoms with Crippen LogP contribution in [0.2, 0.25) is 0 Å². The third kappa shape index (κ3) is 1.69. The number of aryl methyl sites for hydroxylation is 1. The molecule has 0 spiro atoms. The maximum Gasteiger partial charge on any atom is 0.291 e. The summed E-state index contributed by atoms with van der Waals surface area (Å²) >= 11 is 0. The van der Waals surface area contributed by atoms with Gasteiger partial charge < -0.3 is 9.72 Å². The summed E-state index contributed by atoms with van der Waals surface area (Å²) in [5.41, 5.74) is 0.841. The van der Waals surface area contributed by atoms with Crippen molar-refractivity contribution in [3.05, 3.63) is 40.3 Å². The van der Waals surface area contributed by atoms with E-state index in [-0.39, 0.29) is 5.56 Å². The van der Waals surface area contributed by atoms with Crippen molar-refractivity contribution in [2.45, 2.75) is 19.8 Å². The Morgan fingerprint density at radius 2 is 1.94 bits per heavy atom. The summed E-state index contributed by atoms with van der Waals surface area (Å²) in [5.74, 6) is 0.399. The van der Waals surface area contributed by atoms with Gasteiger partial charge in [-0.2, -0.15) is 0 Å². The van der Waals surface area contributed by atoms with Crippen LogP contribution in [0.25, 0.3) is 10.8 Å². The lowest BCUT2D eigenvalue weighted by Gasteiger charge is -2.08. The van der Waals surface area contributed by atoms with Crippen molar-refractivity contribution in [3.63, 3.8) is 0 Å². The summed E-state index contributed by atoms with van der Waals surface area (Å²) in [6.07, 6.45) is 1.88. The number of ether oxygens (including phenoxy) is 1. The van der Waals surface area contributed by atoms with E-state index in [4.69, 9.17) is 4.74 Å². The fourth-order valence-electron chi connectivity index (χ4n) is 1.98. The summed E-state index contributed by atoms with van der Waals surface area (Å²) in [6, 6.07) is 7.82. The molecule has 3 nitrogen and oxygen atoms in total. The number of hydrogen-bond donors (Lipinski definition) is 1. The van der Waals surface area contributed by atoms with Crippen molar-refractivity contribution in [1.82, 2.24) is 4.98 Å². The molecule has 0 atom stereocenters. The zero-order chi connectivity index (χ0) is 11.5. The number of hydrogen-bond acceptors (Lipinski definition) is 2. The van der Waals surface area contributed by atoms with Gasteiger partial charge in [0.1, 0.15) is 0 Å². The SMILES string of the molecule is CCCc1[nH]c(=O)c(OC)c2ccccc12. The van der Waals surface area contributed by atoms with Gasteiger partial charge >= 0.3 is 0 Å². The van der Waals surface area contributed by atoms with Gasteiger partial charge in [-0.15, -0.1) is 0 Å². The predicted octanol–water partition coefficient (Wildman–Crippen LogP) is 2.49. The van der Waals surface area contributed by atoms with Gasteiger partial charge in [0.25, 0.3) is 5.56 Å². The molecule has 0 radical (unpaired) electrons. The van der Waals surface area contributed by atoms with Crippen LogP contribution in [0.15, 0.2) is 29.1 Å². The maximum atomic E-state index is 11.8. The first-order valence-electron chi connectivity index (χ1n) is 5.45. The normalized spacial score (nSPS) is 10.6. The van der Waals surface area contributed by atoms with Gasteiger partial charge in [0.05, 0.1) is 7.11 Å². The summed E-state index contributed by atoms with van der Waals surface area (Å²) in [4.78, 5) is 14.7. The number of pyridine rings is 1. The van der Waals surface area contributed by atoms with Gasteiger partial charge in [0.15, 0.2) is 5.75 Å². The Hall–Kier alpha value is -1.77. The highest BCUT2D eigenvalue weighted by molar-refractivity contribution is 5.89. The molecule has 0 aliphatic rings. The molecule has 0 fully saturated rings. The molecule has 2 aromatic rings. The molecule has 3 heteroatoms. The quantitative estimate of drug-likeness (QED) is 0.858. The third-order valence-electron chi connectivity index (χ3n) is 2.67. The van der Waals surface area contributed by atoms with Crippen molar-refractivity contribution >= 4 is 10.8 Å². The van der Waals surface area contributed by atoms with E-state index >= 15 is 0 Å². The highest BCUT2D eigenvalue weighted by Gasteiger charge is 2.09. The van der Waals surface area contributed by atoms with Crippen LogP contribution in [0.1, 0.15) is 19.0 Å². The fourth-order valence-corrected chi connectivity index (χ4v) is 1.98. The summed E-state index contributed by atoms with van der Waals surface area (Å²) in [5, 5.41) is 1.96. The van der Waals surface area contributed by atoms with E-state index in [9.17, 15) is 4.79 Å². The zero-order valence-corrected chi connectivity index (χ0v) is 9.54. The van der Waals surface area contributed by atoms with Gasteiger partial charge in [0, 0.05) is 16.5 Å². The Kier molecular flexibility index (Phi) is 2.95. The first-order valence-corrected chi connectivity index (χ1v) is 5.45. The molecule has 2 rings (SSSR count). The second-order valence-electron chi connectivity index (χ2n) is 3.76. The fraction of sp³-hybridized carbons (Fsp3) is 0.308. The molecule has 84 valence electrons. The van der Waals surface area contributed by atoms with Crippen molar-refractivity contribution in [3.8, 4) is 5.75 Å². The predicted molar refractivity (Wildman–Crippen MR) is 65.1 cm³/mol. The number of nitrogens with one attached hydrogen (secondary N) is 1. The lowest BCUT2D eigenvalue weighted by atomic mass is 10.1. The van der Waals surface area contributed by atoms with Crippen molar-refractivity contribution < 1.29 is 4.74 Å². The molecular weight excluding hydrogens is 202 g/mol. The molecule has 0 aliphatic heterocycles. The lowest BCUT2D eigenvalue weighted by Crippen LogP contribution is -2.12. The van der Waals surface area contributed by atoms with E-state index in [0.29, 0.717) is 5.75 Å². The minimum atomic E-state index is -0.148. The highest BCUT2D eigenvalue weighted by atomic mass is 16.5. The van der Waals surface area contributed by atoms with Gasteiger partial charge in [-0.1, -0.05) is 37.6 Å². The van der Waals surface area contributed by atoms with Gasteiger partial charge in [0.2, 0.25) is 0 Å². The lowest BCUT2D eigenvalue weighted by molar-refractivity contribution is 0.413. The van der Waals surface area contributed by atoms with Crippen LogP contribution in [-0.2, 0) is 6.42 Å². The molecule has 1 heterocycles. The van der Waals surface area contributed by atoms with Crippen LogP contribution in [0.5, 0.6) is 5.75 Å². The van der Waals surface area contributed by atoms with Crippen LogP contribution in [-0.4, -0.2) is 12.1 Å². The summed E-state index contributed by atoms with van der Waals surface area (Å²) in [7, 11) is 1.52. The first kappa shape index (κ1) is 10.7. The van der Waals surface area contributed by atoms with Gasteiger partial charge in [-0.05, 0) is 6.42 Å². The smallest absolute Gasteiger partial charge is 0.291 e. The summed E-state index contributed by atoms with van der Waals surface area (Å²) in [6.45, 7) is 2.09. The second kappa shape index (κ2) is 4.39. The summed E-state index contributed by atoms with van der Waals surface area (Å²) < 4.78 is 5.15. The minimum absolute atomic E-state index is 0.148. The Morgan fingerprint density at radius 3 is 2.56 bits per heavy atom. The molecule has 0 aliphatic carbocycles. The number of aromatic nitrogens is 1. The zero-order valence-electron chi connectivity index (χ0n) is 9.54. The average molecular weight is 217 g/mol. The van der Waals surface area contributed by atoms with Crippen molar-refractivity contribution in [1.29, 1.82) is 0 Å². The minimum Gasteiger partial charge on any atom is -0.491 e. The number of methoxy groups -OCH3 is 1. The standard InChI is InChI=1S/C13H15NO2/c1-3-6-11-9-7-4-5-8-10(9)12(16-2)13(15)14-11/h4-5,7-8H,3,6H2,1-2H3,(H,14,15). The average Bonchev–Trinajstić information content (AvgIpc) is 2.30.